The SMILES string of the molecule is O=C(Cn1ccnc1)c1ccccc1-c1ccccc1. The van der Waals surface area contributed by atoms with Crippen molar-refractivity contribution < 1.29 is 4.79 Å². The highest BCUT2D eigenvalue weighted by molar-refractivity contribution is 6.02. The average Bonchev–Trinajstić information content (AvgIpc) is 3.01. The Morgan fingerprint density at radius 2 is 1.75 bits per heavy atom. The lowest BCUT2D eigenvalue weighted by Crippen LogP contribution is -2.10. The van der Waals surface area contributed by atoms with E-state index in [0.29, 0.717) is 6.54 Å². The summed E-state index contributed by atoms with van der Waals surface area (Å²) in [7, 11) is 0. The summed E-state index contributed by atoms with van der Waals surface area (Å²) in [6, 6.07) is 17.7. The first-order valence-electron chi connectivity index (χ1n) is 6.48. The second kappa shape index (κ2) is 5.53. The quantitative estimate of drug-likeness (QED) is 0.675. The molecule has 0 radical (unpaired) electrons. The maximum absolute atomic E-state index is 12.5. The van der Waals surface area contributed by atoms with Gasteiger partial charge in [-0.05, 0) is 11.1 Å². The molecule has 0 atom stereocenters. The van der Waals surface area contributed by atoms with Crippen molar-refractivity contribution in [2.24, 2.45) is 0 Å². The van der Waals surface area contributed by atoms with Crippen LogP contribution < -0.4 is 0 Å². The standard InChI is InChI=1S/C17H14N2O/c20-17(12-19-11-10-18-13-19)16-9-5-4-8-15(16)14-6-2-1-3-7-14/h1-11,13H,12H2. The number of carbonyl (C=O) groups excluding carboxylic acids is 1. The third kappa shape index (κ3) is 2.52. The number of aromatic nitrogens is 2. The van der Waals surface area contributed by atoms with Gasteiger partial charge in [-0.1, -0.05) is 54.6 Å². The van der Waals surface area contributed by atoms with Crippen LogP contribution in [0.5, 0.6) is 0 Å². The fourth-order valence-corrected chi connectivity index (χ4v) is 2.23. The number of Topliss-reactive ketones (excluding diaryl/α,β-unsaturated/α-hetero) is 1. The van der Waals surface area contributed by atoms with Crippen molar-refractivity contribution in [3.63, 3.8) is 0 Å². The minimum Gasteiger partial charge on any atom is -0.330 e. The molecule has 1 heterocycles. The van der Waals surface area contributed by atoms with Gasteiger partial charge in [0.2, 0.25) is 0 Å². The first-order chi connectivity index (χ1) is 9.84. The number of hydrogen-bond acceptors (Lipinski definition) is 2. The lowest BCUT2D eigenvalue weighted by atomic mass is 9.97. The van der Waals surface area contributed by atoms with E-state index in [-0.39, 0.29) is 5.78 Å². The highest BCUT2D eigenvalue weighted by Crippen LogP contribution is 2.24. The summed E-state index contributed by atoms with van der Waals surface area (Å²) in [5.74, 6) is 0.0856. The molecule has 3 aromatic rings. The summed E-state index contributed by atoms with van der Waals surface area (Å²) in [6.45, 7) is 0.309. The van der Waals surface area contributed by atoms with Crippen molar-refractivity contribution in [1.29, 1.82) is 0 Å². The topological polar surface area (TPSA) is 34.9 Å². The van der Waals surface area contributed by atoms with Crippen LogP contribution in [-0.2, 0) is 6.54 Å². The minimum absolute atomic E-state index is 0.0856. The summed E-state index contributed by atoms with van der Waals surface area (Å²) in [4.78, 5) is 16.4. The van der Waals surface area contributed by atoms with E-state index in [9.17, 15) is 4.79 Å². The molecule has 0 N–H and O–H groups in total. The Morgan fingerprint density at radius 3 is 2.50 bits per heavy atom. The number of ketones is 1. The van der Waals surface area contributed by atoms with Gasteiger partial charge in [-0.15, -0.1) is 0 Å². The van der Waals surface area contributed by atoms with Gasteiger partial charge < -0.3 is 4.57 Å². The van der Waals surface area contributed by atoms with Crippen LogP contribution in [0, 0.1) is 0 Å². The molecule has 1 aromatic heterocycles. The van der Waals surface area contributed by atoms with E-state index in [0.717, 1.165) is 16.7 Å². The van der Waals surface area contributed by atoms with Gasteiger partial charge in [0.25, 0.3) is 0 Å². The predicted octanol–water partition coefficient (Wildman–Crippen LogP) is 3.43. The van der Waals surface area contributed by atoms with Crippen LogP contribution in [0.15, 0.2) is 73.3 Å². The van der Waals surface area contributed by atoms with E-state index >= 15 is 0 Å². The first-order valence-corrected chi connectivity index (χ1v) is 6.48. The summed E-state index contributed by atoms with van der Waals surface area (Å²) in [5, 5.41) is 0. The highest BCUT2D eigenvalue weighted by atomic mass is 16.1. The molecule has 0 saturated carbocycles. The molecule has 0 aliphatic rings. The molecule has 20 heavy (non-hydrogen) atoms. The van der Waals surface area contributed by atoms with Crippen molar-refractivity contribution in [2.45, 2.75) is 6.54 Å². The molecule has 0 amide bonds. The molecule has 0 bridgehead atoms. The lowest BCUT2D eigenvalue weighted by Gasteiger charge is -2.09. The third-order valence-electron chi connectivity index (χ3n) is 3.20. The van der Waals surface area contributed by atoms with E-state index in [1.807, 2.05) is 54.6 Å². The molecule has 98 valence electrons. The second-order valence-corrected chi connectivity index (χ2v) is 4.57. The van der Waals surface area contributed by atoms with E-state index < -0.39 is 0 Å². The van der Waals surface area contributed by atoms with Crippen LogP contribution >= 0.6 is 0 Å². The zero-order valence-corrected chi connectivity index (χ0v) is 10.9. The molecule has 0 aliphatic carbocycles. The van der Waals surface area contributed by atoms with Gasteiger partial charge in [-0.3, -0.25) is 4.79 Å². The normalized spacial score (nSPS) is 10.4. The number of nitrogens with zero attached hydrogens (tertiary/aromatic N) is 2. The smallest absolute Gasteiger partial charge is 0.183 e. The fourth-order valence-electron chi connectivity index (χ4n) is 2.23. The monoisotopic (exact) mass is 262 g/mol. The molecule has 2 aromatic carbocycles. The molecule has 3 heteroatoms. The molecule has 0 saturated heterocycles. The predicted molar refractivity (Wildman–Crippen MR) is 78.4 cm³/mol. The Labute approximate surface area is 117 Å². The Balaban J connectivity index is 1.96. The van der Waals surface area contributed by atoms with Crippen molar-refractivity contribution >= 4 is 5.78 Å². The van der Waals surface area contributed by atoms with E-state index in [1.54, 1.807) is 23.3 Å². The zero-order valence-electron chi connectivity index (χ0n) is 10.9. The number of carbonyl (C=O) groups is 1. The maximum atomic E-state index is 12.5. The van der Waals surface area contributed by atoms with Gasteiger partial charge in [0, 0.05) is 18.0 Å². The van der Waals surface area contributed by atoms with Gasteiger partial charge in [0.15, 0.2) is 5.78 Å². The van der Waals surface area contributed by atoms with Gasteiger partial charge in [-0.25, -0.2) is 4.98 Å². The van der Waals surface area contributed by atoms with Crippen LogP contribution in [-0.4, -0.2) is 15.3 Å². The molecule has 0 aliphatic heterocycles. The Morgan fingerprint density at radius 1 is 1.00 bits per heavy atom. The van der Waals surface area contributed by atoms with Gasteiger partial charge >= 0.3 is 0 Å². The van der Waals surface area contributed by atoms with Crippen LogP contribution in [0.1, 0.15) is 10.4 Å². The van der Waals surface area contributed by atoms with E-state index in [2.05, 4.69) is 4.98 Å². The number of imidazole rings is 1. The van der Waals surface area contributed by atoms with E-state index in [4.69, 9.17) is 0 Å². The van der Waals surface area contributed by atoms with Gasteiger partial charge in [0.05, 0.1) is 12.9 Å². The van der Waals surface area contributed by atoms with Crippen molar-refractivity contribution in [1.82, 2.24) is 9.55 Å². The summed E-state index contributed by atoms with van der Waals surface area (Å²) in [5.41, 5.74) is 2.77. The largest absolute Gasteiger partial charge is 0.330 e. The Bertz CT molecular complexity index is 703. The summed E-state index contributed by atoms with van der Waals surface area (Å²) < 4.78 is 1.78. The molecule has 3 rings (SSSR count). The van der Waals surface area contributed by atoms with Crippen LogP contribution in [0.2, 0.25) is 0 Å². The van der Waals surface area contributed by atoms with Gasteiger partial charge in [-0.2, -0.15) is 0 Å². The summed E-state index contributed by atoms with van der Waals surface area (Å²) >= 11 is 0. The average molecular weight is 262 g/mol. The number of benzene rings is 2. The molecular formula is C17H14N2O. The Kier molecular flexibility index (Phi) is 3.42. The fraction of sp³-hybridized carbons (Fsp3) is 0.0588. The van der Waals surface area contributed by atoms with Crippen LogP contribution in [0.3, 0.4) is 0 Å². The minimum atomic E-state index is 0.0856. The first kappa shape index (κ1) is 12.4. The molecule has 0 spiro atoms. The van der Waals surface area contributed by atoms with Crippen molar-refractivity contribution in [2.75, 3.05) is 0 Å². The highest BCUT2D eigenvalue weighted by Gasteiger charge is 2.12. The van der Waals surface area contributed by atoms with Crippen LogP contribution in [0.4, 0.5) is 0 Å². The second-order valence-electron chi connectivity index (χ2n) is 4.57. The number of hydrogen-bond donors (Lipinski definition) is 0. The number of rotatable bonds is 4. The molecule has 0 fully saturated rings. The molecule has 3 nitrogen and oxygen atoms in total. The van der Waals surface area contributed by atoms with E-state index in [1.165, 1.54) is 0 Å². The van der Waals surface area contributed by atoms with Crippen molar-refractivity contribution in [3.8, 4) is 11.1 Å². The van der Waals surface area contributed by atoms with Crippen molar-refractivity contribution in [3.05, 3.63) is 78.9 Å². The molecule has 0 unspecified atom stereocenters. The maximum Gasteiger partial charge on any atom is 0.183 e. The lowest BCUT2D eigenvalue weighted by molar-refractivity contribution is 0.0972. The summed E-state index contributed by atoms with van der Waals surface area (Å²) in [6.07, 6.45) is 5.13. The zero-order chi connectivity index (χ0) is 13.8. The third-order valence-corrected chi connectivity index (χ3v) is 3.20. The molecular weight excluding hydrogens is 248 g/mol. The van der Waals surface area contributed by atoms with Crippen LogP contribution in [0.25, 0.3) is 11.1 Å². The van der Waals surface area contributed by atoms with Gasteiger partial charge in [0.1, 0.15) is 0 Å². The Hall–Kier alpha value is -2.68.